The molecule has 1 N–H and O–H groups in total. The van der Waals surface area contributed by atoms with Crippen molar-refractivity contribution in [2.75, 3.05) is 16.2 Å². The maximum absolute atomic E-state index is 12.8. The molecule has 2 radical (unpaired) electrons. The van der Waals surface area contributed by atoms with Gasteiger partial charge in [0.05, 0.1) is 0 Å². The van der Waals surface area contributed by atoms with Crippen molar-refractivity contribution in [3.8, 4) is 0 Å². The van der Waals surface area contributed by atoms with Gasteiger partial charge in [0.25, 0.3) is 10.0 Å². The fourth-order valence-electron chi connectivity index (χ4n) is 3.28. The van der Waals surface area contributed by atoms with Gasteiger partial charge in [0, 0.05) is 37.0 Å². The molecule has 0 aromatic heterocycles. The number of hydrogen-bond donors (Lipinski definition) is 1. The third-order valence-corrected chi connectivity index (χ3v) is 6.82. The zero-order valence-electron chi connectivity index (χ0n) is 13.4. The molecule has 7 nitrogen and oxygen atoms in total. The highest BCUT2D eigenvalue weighted by molar-refractivity contribution is 8.16. The lowest BCUT2D eigenvalue weighted by atomic mass is 9.98. The number of hydrogen-bond acceptors (Lipinski definition) is 6. The number of sulfonamides is 1. The summed E-state index contributed by atoms with van der Waals surface area (Å²) in [5, 5.41) is 1.39. The molecule has 128 valence electrons. The minimum atomic E-state index is -3.77. The molecule has 0 fully saturated rings. The normalized spacial score (nSPS) is 24.3. The molecule has 1 amide bonds. The maximum Gasteiger partial charge on any atom is 0.255 e. The van der Waals surface area contributed by atoms with E-state index >= 15 is 0 Å². The van der Waals surface area contributed by atoms with Gasteiger partial charge in [-0.1, -0.05) is 11.8 Å². The summed E-state index contributed by atoms with van der Waals surface area (Å²) in [6.07, 6.45) is 2.37. The van der Waals surface area contributed by atoms with Crippen molar-refractivity contribution in [3.05, 3.63) is 35.4 Å². The lowest BCUT2D eigenvalue weighted by Crippen LogP contribution is -2.44. The number of nitrogens with zero attached hydrogens (tertiary/aromatic N) is 3. The van der Waals surface area contributed by atoms with Crippen LogP contribution in [-0.4, -0.2) is 50.1 Å². The van der Waals surface area contributed by atoms with E-state index in [1.165, 1.54) is 18.7 Å². The van der Waals surface area contributed by atoms with Crippen LogP contribution < -0.4 is 9.62 Å². The predicted molar refractivity (Wildman–Crippen MR) is 100 cm³/mol. The van der Waals surface area contributed by atoms with Crippen molar-refractivity contribution in [1.29, 1.82) is 0 Å². The Morgan fingerprint density at radius 2 is 2.24 bits per heavy atom. The largest absolute Gasteiger partial charge is 0.312 e. The molecule has 2 unspecified atom stereocenters. The van der Waals surface area contributed by atoms with Crippen LogP contribution in [0, 0.1) is 0 Å². The summed E-state index contributed by atoms with van der Waals surface area (Å²) in [6.45, 7) is 2.13. The Morgan fingerprint density at radius 1 is 1.44 bits per heavy atom. The molecule has 10 heteroatoms. The molecule has 25 heavy (non-hydrogen) atoms. The van der Waals surface area contributed by atoms with Gasteiger partial charge >= 0.3 is 0 Å². The summed E-state index contributed by atoms with van der Waals surface area (Å²) in [5.74, 6) is -0.861. The predicted octanol–water partition coefficient (Wildman–Crippen LogP) is 1.05. The monoisotopic (exact) mass is 374 g/mol. The first kappa shape index (κ1) is 16.5. The van der Waals surface area contributed by atoms with Crippen LogP contribution in [0.4, 0.5) is 11.4 Å². The van der Waals surface area contributed by atoms with Crippen LogP contribution in [-0.2, 0) is 21.2 Å². The number of benzene rings is 1. The average molecular weight is 374 g/mol. The van der Waals surface area contributed by atoms with E-state index in [-0.39, 0.29) is 5.91 Å². The average Bonchev–Trinajstić information content (AvgIpc) is 3.19. The molecule has 0 aliphatic carbocycles. The number of thioether (sulfide) groups is 1. The fourth-order valence-corrected chi connectivity index (χ4v) is 5.61. The molecule has 0 saturated heterocycles. The molecular formula is C15H15BN4O3S2. The standard InChI is InChI=1S/C15H15BN4O3S2/c1-9(21)19-5-4-10-8-11(2-3-12(10)19)18-25(22,23)14-13(16)17-15-20(14)6-7-24-15/h2-3,6-8,13-14,18H,4-5H2,1H3. The molecule has 1 aromatic carbocycles. The second kappa shape index (κ2) is 5.81. The molecule has 1 aromatic rings. The van der Waals surface area contributed by atoms with E-state index in [4.69, 9.17) is 7.85 Å². The Bertz CT molecular complexity index is 915. The first-order valence-corrected chi connectivity index (χ1v) is 10.2. The van der Waals surface area contributed by atoms with Gasteiger partial charge in [-0.3, -0.25) is 14.5 Å². The van der Waals surface area contributed by atoms with Crippen molar-refractivity contribution in [1.82, 2.24) is 4.90 Å². The van der Waals surface area contributed by atoms with Gasteiger partial charge in [-0.25, -0.2) is 8.42 Å². The van der Waals surface area contributed by atoms with Gasteiger partial charge in [-0.15, -0.1) is 0 Å². The van der Waals surface area contributed by atoms with Crippen LogP contribution in [0.5, 0.6) is 0 Å². The third-order valence-electron chi connectivity index (χ3n) is 4.37. The summed E-state index contributed by atoms with van der Waals surface area (Å²) in [6, 6.07) is 5.20. The molecule has 3 aliphatic rings. The van der Waals surface area contributed by atoms with Gasteiger partial charge in [-0.2, -0.15) is 0 Å². The molecule has 2 atom stereocenters. The molecular weight excluding hydrogens is 359 g/mol. The first-order chi connectivity index (χ1) is 11.9. The smallest absolute Gasteiger partial charge is 0.255 e. The second-order valence-corrected chi connectivity index (χ2v) is 8.66. The van der Waals surface area contributed by atoms with Crippen molar-refractivity contribution in [2.45, 2.75) is 24.7 Å². The number of carbonyl (C=O) groups excluding carboxylic acids is 1. The number of fused-ring (bicyclic) bond motifs is 2. The van der Waals surface area contributed by atoms with E-state index in [0.717, 1.165) is 11.3 Å². The van der Waals surface area contributed by atoms with Crippen molar-refractivity contribution in [3.63, 3.8) is 0 Å². The third kappa shape index (κ3) is 2.73. The van der Waals surface area contributed by atoms with Crippen LogP contribution in [0.2, 0.25) is 0 Å². The summed E-state index contributed by atoms with van der Waals surface area (Å²) in [5.41, 5.74) is 2.23. The molecule has 0 spiro atoms. The number of carbonyl (C=O) groups is 1. The quantitative estimate of drug-likeness (QED) is 0.800. The number of rotatable bonds is 3. The molecule has 0 saturated carbocycles. The highest BCUT2D eigenvalue weighted by atomic mass is 32.2. The number of aliphatic imine (C=N–C) groups is 1. The van der Waals surface area contributed by atoms with Gasteiger partial charge in [0.2, 0.25) is 5.91 Å². The summed E-state index contributed by atoms with van der Waals surface area (Å²) >= 11 is 1.35. The van der Waals surface area contributed by atoms with Gasteiger partial charge in [0.1, 0.15) is 7.85 Å². The van der Waals surface area contributed by atoms with Gasteiger partial charge < -0.3 is 9.80 Å². The number of nitrogens with one attached hydrogen (secondary N) is 1. The number of anilines is 2. The van der Waals surface area contributed by atoms with Crippen LogP contribution in [0.25, 0.3) is 0 Å². The Labute approximate surface area is 151 Å². The lowest BCUT2D eigenvalue weighted by molar-refractivity contribution is -0.116. The number of amides is 1. The van der Waals surface area contributed by atoms with Gasteiger partial charge in [-0.05, 0) is 35.6 Å². The van der Waals surface area contributed by atoms with Crippen molar-refractivity contribution < 1.29 is 13.2 Å². The van der Waals surface area contributed by atoms with E-state index in [9.17, 15) is 13.2 Å². The maximum atomic E-state index is 12.8. The highest BCUT2D eigenvalue weighted by Crippen LogP contribution is 2.34. The van der Waals surface area contributed by atoms with Crippen molar-refractivity contribution in [2.24, 2.45) is 4.99 Å². The Hall–Kier alpha value is -1.94. The Kier molecular flexibility index (Phi) is 3.84. The zero-order valence-corrected chi connectivity index (χ0v) is 15.0. The summed E-state index contributed by atoms with van der Waals surface area (Å²) in [7, 11) is 2.14. The van der Waals surface area contributed by atoms with Crippen LogP contribution in [0.1, 0.15) is 12.5 Å². The number of amidine groups is 1. The Balaban J connectivity index is 1.58. The zero-order chi connectivity index (χ0) is 17.8. The van der Waals surface area contributed by atoms with Gasteiger partial charge in [0.15, 0.2) is 10.5 Å². The van der Waals surface area contributed by atoms with Crippen LogP contribution in [0.15, 0.2) is 34.8 Å². The minimum Gasteiger partial charge on any atom is -0.312 e. The van der Waals surface area contributed by atoms with Crippen LogP contribution >= 0.6 is 11.8 Å². The molecule has 3 aliphatic heterocycles. The molecule has 4 rings (SSSR count). The topological polar surface area (TPSA) is 82.1 Å². The molecule has 3 heterocycles. The second-order valence-electron chi connectivity index (χ2n) is 6.01. The summed E-state index contributed by atoms with van der Waals surface area (Å²) in [4.78, 5) is 19.1. The fraction of sp³-hybridized carbons (Fsp3) is 0.333. The summed E-state index contributed by atoms with van der Waals surface area (Å²) < 4.78 is 28.2. The highest BCUT2D eigenvalue weighted by Gasteiger charge is 2.43. The van der Waals surface area contributed by atoms with E-state index in [1.807, 2.05) is 0 Å². The van der Waals surface area contributed by atoms with E-state index < -0.39 is 21.3 Å². The minimum absolute atomic E-state index is 0.0213. The first-order valence-electron chi connectivity index (χ1n) is 7.74. The lowest BCUT2D eigenvalue weighted by Gasteiger charge is -2.24. The van der Waals surface area contributed by atoms with E-state index in [2.05, 4.69) is 9.71 Å². The molecule has 0 bridgehead atoms. The Morgan fingerprint density at radius 3 is 3.00 bits per heavy atom. The SMILES string of the molecule is [B]C1N=C2SC=CN2C1S(=O)(=O)Nc1ccc2c(c1)CCN2C(C)=O. The van der Waals surface area contributed by atoms with E-state index in [0.29, 0.717) is 23.8 Å². The van der Waals surface area contributed by atoms with Crippen molar-refractivity contribution >= 4 is 52.1 Å². The van der Waals surface area contributed by atoms with Crippen LogP contribution in [0.3, 0.4) is 0 Å². The van der Waals surface area contributed by atoms with E-state index in [1.54, 1.807) is 39.6 Å².